The van der Waals surface area contributed by atoms with Crippen molar-refractivity contribution in [3.05, 3.63) is 59.2 Å². The summed E-state index contributed by atoms with van der Waals surface area (Å²) in [4.78, 5) is 11.7. The fourth-order valence-corrected chi connectivity index (χ4v) is 1.92. The van der Waals surface area contributed by atoms with E-state index in [1.807, 2.05) is 0 Å². The fraction of sp³-hybridized carbons (Fsp3) is 0.125. The number of nitrogens with zero attached hydrogens (tertiary/aromatic N) is 1. The number of halogens is 2. The van der Waals surface area contributed by atoms with Gasteiger partial charge < -0.3 is 9.84 Å². The number of rotatable bonds is 5. The Bertz CT molecular complexity index is 728. The number of phenolic OH excluding ortho intramolecular Hbond substituents is 1. The number of methoxy groups -OCH3 is 1. The van der Waals surface area contributed by atoms with E-state index in [0.717, 1.165) is 18.2 Å². The lowest BCUT2D eigenvalue weighted by atomic mass is 10.1. The average molecular weight is 320 g/mol. The van der Waals surface area contributed by atoms with E-state index < -0.39 is 17.5 Å². The lowest BCUT2D eigenvalue weighted by Gasteiger charge is -2.05. The van der Waals surface area contributed by atoms with E-state index in [4.69, 9.17) is 4.74 Å². The van der Waals surface area contributed by atoms with Crippen LogP contribution in [0.25, 0.3) is 0 Å². The Labute approximate surface area is 131 Å². The van der Waals surface area contributed by atoms with Crippen molar-refractivity contribution in [3.8, 4) is 11.5 Å². The molecule has 5 nitrogen and oxygen atoms in total. The van der Waals surface area contributed by atoms with Crippen LogP contribution >= 0.6 is 0 Å². The van der Waals surface area contributed by atoms with Crippen molar-refractivity contribution in [1.29, 1.82) is 0 Å². The molecular formula is C16H14F2N2O3. The second kappa shape index (κ2) is 7.35. The van der Waals surface area contributed by atoms with Gasteiger partial charge in [-0.3, -0.25) is 4.79 Å². The number of carbonyl (C=O) groups is 1. The zero-order chi connectivity index (χ0) is 16.8. The van der Waals surface area contributed by atoms with Gasteiger partial charge in [0.2, 0.25) is 5.91 Å². The summed E-state index contributed by atoms with van der Waals surface area (Å²) in [6.45, 7) is 0. The number of aromatic hydroxyl groups is 1. The van der Waals surface area contributed by atoms with Crippen molar-refractivity contribution < 1.29 is 23.4 Å². The molecule has 0 aliphatic heterocycles. The maximum Gasteiger partial charge on any atom is 0.244 e. The molecule has 2 rings (SSSR count). The molecule has 0 radical (unpaired) electrons. The summed E-state index contributed by atoms with van der Waals surface area (Å²) in [5.74, 6) is -1.59. The van der Waals surface area contributed by atoms with Crippen LogP contribution in [0.15, 0.2) is 41.5 Å². The van der Waals surface area contributed by atoms with E-state index in [1.54, 1.807) is 6.07 Å². The predicted molar refractivity (Wildman–Crippen MR) is 80.5 cm³/mol. The van der Waals surface area contributed by atoms with Crippen LogP contribution in [0.3, 0.4) is 0 Å². The highest BCUT2D eigenvalue weighted by Gasteiger charge is 2.06. The number of benzene rings is 2. The Morgan fingerprint density at radius 2 is 1.96 bits per heavy atom. The van der Waals surface area contributed by atoms with Gasteiger partial charge in [-0.1, -0.05) is 0 Å². The van der Waals surface area contributed by atoms with Crippen molar-refractivity contribution in [2.45, 2.75) is 6.42 Å². The Morgan fingerprint density at radius 3 is 2.61 bits per heavy atom. The summed E-state index contributed by atoms with van der Waals surface area (Å²) in [6.07, 6.45) is 1.13. The monoisotopic (exact) mass is 320 g/mol. The third-order valence-corrected chi connectivity index (χ3v) is 2.90. The quantitative estimate of drug-likeness (QED) is 0.656. The summed E-state index contributed by atoms with van der Waals surface area (Å²) in [5, 5.41) is 13.1. The second-order valence-corrected chi connectivity index (χ2v) is 4.67. The fourth-order valence-electron chi connectivity index (χ4n) is 1.92. The van der Waals surface area contributed by atoms with Crippen LogP contribution in [0.4, 0.5) is 8.78 Å². The van der Waals surface area contributed by atoms with Gasteiger partial charge in [-0.2, -0.15) is 5.10 Å². The highest BCUT2D eigenvalue weighted by atomic mass is 19.1. The molecule has 0 atom stereocenters. The summed E-state index contributed by atoms with van der Waals surface area (Å²) in [6, 6.07) is 7.30. The van der Waals surface area contributed by atoms with E-state index >= 15 is 0 Å². The molecule has 0 heterocycles. The van der Waals surface area contributed by atoms with Crippen LogP contribution in [0.5, 0.6) is 11.5 Å². The van der Waals surface area contributed by atoms with E-state index in [1.165, 1.54) is 25.5 Å². The predicted octanol–water partition coefficient (Wildman–Crippen LogP) is 2.37. The van der Waals surface area contributed by atoms with Gasteiger partial charge in [0.15, 0.2) is 0 Å². The zero-order valence-corrected chi connectivity index (χ0v) is 12.2. The molecule has 0 saturated carbocycles. The van der Waals surface area contributed by atoms with E-state index in [-0.39, 0.29) is 17.7 Å². The normalized spacial score (nSPS) is 10.7. The first-order valence-electron chi connectivity index (χ1n) is 6.62. The lowest BCUT2D eigenvalue weighted by Crippen LogP contribution is -2.20. The summed E-state index contributed by atoms with van der Waals surface area (Å²) < 4.78 is 31.1. The summed E-state index contributed by atoms with van der Waals surface area (Å²) in [7, 11) is 1.43. The minimum Gasteiger partial charge on any atom is -0.508 e. The average Bonchev–Trinajstić information content (AvgIpc) is 2.47. The Kier molecular flexibility index (Phi) is 5.24. The highest BCUT2D eigenvalue weighted by molar-refractivity contribution is 5.86. The van der Waals surface area contributed by atoms with Gasteiger partial charge in [-0.25, -0.2) is 14.2 Å². The number of carbonyl (C=O) groups excluding carboxylic acids is 1. The molecule has 2 aromatic carbocycles. The molecule has 0 aromatic heterocycles. The number of ether oxygens (including phenoxy) is 1. The molecule has 2 aromatic rings. The Balaban J connectivity index is 1.98. The topological polar surface area (TPSA) is 70.9 Å². The van der Waals surface area contributed by atoms with Crippen LogP contribution in [-0.2, 0) is 11.2 Å². The Hall–Kier alpha value is -2.96. The smallest absolute Gasteiger partial charge is 0.244 e. The maximum absolute atomic E-state index is 13.0. The third kappa shape index (κ3) is 4.77. The van der Waals surface area contributed by atoms with Crippen molar-refractivity contribution in [1.82, 2.24) is 5.43 Å². The lowest BCUT2D eigenvalue weighted by molar-refractivity contribution is -0.120. The number of hydrazone groups is 1. The molecular weight excluding hydrogens is 306 g/mol. The van der Waals surface area contributed by atoms with Crippen molar-refractivity contribution in [2.75, 3.05) is 7.11 Å². The SMILES string of the molecule is COc1cc(O)ccc1/C=N/NC(=O)Cc1cc(F)cc(F)c1. The largest absolute Gasteiger partial charge is 0.508 e. The zero-order valence-electron chi connectivity index (χ0n) is 12.2. The standard InChI is InChI=1S/C16H14F2N2O3/c1-23-15-8-14(21)3-2-11(15)9-19-20-16(22)6-10-4-12(17)7-13(18)5-10/h2-5,7-9,21H,6H2,1H3,(H,20,22)/b19-9+. The number of amides is 1. The van der Waals surface area contributed by atoms with Crippen molar-refractivity contribution in [2.24, 2.45) is 5.10 Å². The first kappa shape index (κ1) is 16.4. The number of nitrogens with one attached hydrogen (secondary N) is 1. The number of hydrogen-bond donors (Lipinski definition) is 2. The molecule has 0 unspecified atom stereocenters. The molecule has 0 fully saturated rings. The molecule has 0 spiro atoms. The van der Waals surface area contributed by atoms with Crippen LogP contribution in [0, 0.1) is 11.6 Å². The van der Waals surface area contributed by atoms with Gasteiger partial charge in [0.05, 0.1) is 19.7 Å². The second-order valence-electron chi connectivity index (χ2n) is 4.67. The molecule has 0 bridgehead atoms. The van der Waals surface area contributed by atoms with Gasteiger partial charge in [-0.05, 0) is 29.8 Å². The molecule has 2 N–H and O–H groups in total. The van der Waals surface area contributed by atoms with Crippen LogP contribution in [0.2, 0.25) is 0 Å². The van der Waals surface area contributed by atoms with E-state index in [0.29, 0.717) is 11.3 Å². The summed E-state index contributed by atoms with van der Waals surface area (Å²) in [5.41, 5.74) is 3.00. The molecule has 0 aliphatic rings. The number of hydrogen-bond acceptors (Lipinski definition) is 4. The highest BCUT2D eigenvalue weighted by Crippen LogP contribution is 2.22. The molecule has 0 aliphatic carbocycles. The summed E-state index contributed by atoms with van der Waals surface area (Å²) >= 11 is 0. The van der Waals surface area contributed by atoms with E-state index in [9.17, 15) is 18.7 Å². The molecule has 120 valence electrons. The minimum atomic E-state index is -0.745. The van der Waals surface area contributed by atoms with Gasteiger partial charge in [0, 0.05) is 17.7 Å². The molecule has 1 amide bonds. The van der Waals surface area contributed by atoms with Crippen LogP contribution in [0.1, 0.15) is 11.1 Å². The van der Waals surface area contributed by atoms with Crippen molar-refractivity contribution in [3.63, 3.8) is 0 Å². The molecule has 7 heteroatoms. The van der Waals surface area contributed by atoms with Crippen LogP contribution < -0.4 is 10.2 Å². The van der Waals surface area contributed by atoms with Gasteiger partial charge in [0.25, 0.3) is 0 Å². The van der Waals surface area contributed by atoms with Crippen LogP contribution in [-0.4, -0.2) is 24.3 Å². The van der Waals surface area contributed by atoms with Gasteiger partial charge in [0.1, 0.15) is 23.1 Å². The van der Waals surface area contributed by atoms with Gasteiger partial charge in [-0.15, -0.1) is 0 Å². The van der Waals surface area contributed by atoms with Crippen molar-refractivity contribution >= 4 is 12.1 Å². The minimum absolute atomic E-state index is 0.0381. The first-order valence-corrected chi connectivity index (χ1v) is 6.62. The Morgan fingerprint density at radius 1 is 1.26 bits per heavy atom. The molecule has 23 heavy (non-hydrogen) atoms. The molecule has 0 saturated heterocycles. The van der Waals surface area contributed by atoms with E-state index in [2.05, 4.69) is 10.5 Å². The maximum atomic E-state index is 13.0. The van der Waals surface area contributed by atoms with Gasteiger partial charge >= 0.3 is 0 Å². The number of phenols is 1. The third-order valence-electron chi connectivity index (χ3n) is 2.90. The first-order chi connectivity index (χ1) is 11.0.